The van der Waals surface area contributed by atoms with Crippen LogP contribution in [0.5, 0.6) is 5.75 Å². The number of halogens is 4. The standard InChI is InChI=1S/C33H32ClF3N8O5/c1-17-28(47)26(39-16-38-17)31(49)43-9-2-3-19-13-22(19)27-21(6-10-43)30(48)45-32(41-29(42-45)18-7-11-50-12-8-18)44(27)15-25(46)40-24-5-4-20(14-23(24)34)33(35,36)37/h4-5,7,14,16,19,22,47H,2-3,6,8-13,15H2,1H3,(H,40,46). The van der Waals surface area contributed by atoms with Gasteiger partial charge in [-0.25, -0.2) is 9.97 Å². The Balaban J connectivity index is 1.29. The highest BCUT2D eigenvalue weighted by molar-refractivity contribution is 6.33. The maximum absolute atomic E-state index is 14.3. The van der Waals surface area contributed by atoms with Crippen LogP contribution in [-0.2, 0) is 28.7 Å². The van der Waals surface area contributed by atoms with E-state index in [-0.39, 0.29) is 65.0 Å². The molecule has 0 spiro atoms. The smallest absolute Gasteiger partial charge is 0.416 e. The average molecular weight is 713 g/mol. The number of aromatic nitrogens is 6. The van der Waals surface area contributed by atoms with Crippen LogP contribution in [0.2, 0.25) is 5.02 Å². The summed E-state index contributed by atoms with van der Waals surface area (Å²) in [6.45, 7) is 2.53. The van der Waals surface area contributed by atoms with Gasteiger partial charge < -0.3 is 24.6 Å². The first-order chi connectivity index (χ1) is 23.9. The number of aromatic hydroxyl groups is 1. The predicted molar refractivity (Wildman–Crippen MR) is 174 cm³/mol. The number of anilines is 1. The number of alkyl halides is 3. The van der Waals surface area contributed by atoms with Gasteiger partial charge in [-0.15, -0.1) is 5.10 Å². The summed E-state index contributed by atoms with van der Waals surface area (Å²) in [5.74, 6) is -0.847. The van der Waals surface area contributed by atoms with E-state index in [2.05, 4.69) is 20.4 Å². The third kappa shape index (κ3) is 6.44. The number of benzene rings is 1. The minimum Gasteiger partial charge on any atom is -0.504 e. The fourth-order valence-electron chi connectivity index (χ4n) is 6.71. The Labute approximate surface area is 287 Å². The Morgan fingerprint density at radius 1 is 1.18 bits per heavy atom. The van der Waals surface area contributed by atoms with Gasteiger partial charge in [-0.3, -0.25) is 14.4 Å². The second-order valence-electron chi connectivity index (χ2n) is 12.6. The van der Waals surface area contributed by atoms with Crippen molar-refractivity contribution in [2.75, 3.05) is 31.6 Å². The van der Waals surface area contributed by atoms with Gasteiger partial charge in [0.2, 0.25) is 11.7 Å². The zero-order valence-electron chi connectivity index (χ0n) is 26.8. The van der Waals surface area contributed by atoms with Crippen molar-refractivity contribution >= 4 is 40.5 Å². The molecule has 1 aromatic carbocycles. The Hall–Kier alpha value is -4.83. The Bertz CT molecular complexity index is 2110. The van der Waals surface area contributed by atoms with Gasteiger partial charge in [0.15, 0.2) is 17.3 Å². The average Bonchev–Trinajstić information content (AvgIpc) is 3.70. The molecule has 0 saturated heterocycles. The van der Waals surface area contributed by atoms with E-state index in [1.54, 1.807) is 16.4 Å². The first-order valence-electron chi connectivity index (χ1n) is 16.2. The van der Waals surface area contributed by atoms with Crippen molar-refractivity contribution in [2.24, 2.45) is 5.92 Å². The van der Waals surface area contributed by atoms with Gasteiger partial charge >= 0.3 is 6.18 Å². The maximum atomic E-state index is 14.3. The minimum atomic E-state index is -4.61. The van der Waals surface area contributed by atoms with Crippen LogP contribution in [0.3, 0.4) is 0 Å². The van der Waals surface area contributed by atoms with Crippen molar-refractivity contribution in [1.82, 2.24) is 34.0 Å². The molecule has 3 aliphatic rings. The summed E-state index contributed by atoms with van der Waals surface area (Å²) < 4.78 is 47.9. The number of nitrogens with zero attached hydrogens (tertiary/aromatic N) is 7. The van der Waals surface area contributed by atoms with Crippen LogP contribution in [0.4, 0.5) is 18.9 Å². The van der Waals surface area contributed by atoms with Crippen molar-refractivity contribution in [3.63, 3.8) is 0 Å². The Morgan fingerprint density at radius 3 is 2.74 bits per heavy atom. The second kappa shape index (κ2) is 13.1. The molecule has 4 aromatic rings. The van der Waals surface area contributed by atoms with Crippen LogP contribution in [-0.4, -0.2) is 77.3 Å². The lowest BCUT2D eigenvalue weighted by molar-refractivity contribution is -0.137. The van der Waals surface area contributed by atoms with Gasteiger partial charge in [-0.05, 0) is 68.7 Å². The van der Waals surface area contributed by atoms with Gasteiger partial charge in [-0.1, -0.05) is 17.7 Å². The summed E-state index contributed by atoms with van der Waals surface area (Å²) in [7, 11) is 0. The molecule has 50 heavy (non-hydrogen) atoms. The molecular formula is C33H32ClF3N8O5. The normalized spacial score (nSPS) is 19.4. The molecule has 17 heteroatoms. The lowest BCUT2D eigenvalue weighted by Crippen LogP contribution is -2.37. The van der Waals surface area contributed by atoms with Crippen LogP contribution >= 0.6 is 11.6 Å². The van der Waals surface area contributed by atoms with Gasteiger partial charge in [0.05, 0.1) is 35.2 Å². The summed E-state index contributed by atoms with van der Waals surface area (Å²) >= 11 is 6.15. The quantitative estimate of drug-likeness (QED) is 0.306. The fourth-order valence-corrected chi connectivity index (χ4v) is 6.94. The van der Waals surface area contributed by atoms with Crippen LogP contribution in [0.25, 0.3) is 11.4 Å². The highest BCUT2D eigenvalue weighted by atomic mass is 35.5. The number of hydrogen-bond donors (Lipinski definition) is 2. The van der Waals surface area contributed by atoms with Crippen LogP contribution in [0.1, 0.15) is 70.4 Å². The van der Waals surface area contributed by atoms with E-state index < -0.39 is 29.1 Å². The predicted octanol–water partition coefficient (Wildman–Crippen LogP) is 4.39. The van der Waals surface area contributed by atoms with Gasteiger partial charge in [0.25, 0.3) is 11.5 Å². The third-order valence-corrected chi connectivity index (χ3v) is 9.72. The van der Waals surface area contributed by atoms with Crippen molar-refractivity contribution in [3.8, 4) is 5.75 Å². The molecule has 2 aliphatic heterocycles. The summed E-state index contributed by atoms with van der Waals surface area (Å²) in [5, 5.41) is 17.4. The lowest BCUT2D eigenvalue weighted by Gasteiger charge is -2.25. The lowest BCUT2D eigenvalue weighted by atomic mass is 10.0. The molecular weight excluding hydrogens is 681 g/mol. The Morgan fingerprint density at radius 2 is 2.00 bits per heavy atom. The fraction of sp³-hybridized carbons (Fsp3) is 0.424. The zero-order chi connectivity index (χ0) is 35.3. The summed E-state index contributed by atoms with van der Waals surface area (Å²) in [6, 6.07) is 2.67. The topological polar surface area (TPSA) is 157 Å². The molecule has 1 fully saturated rings. The SMILES string of the molecule is Cc1ncnc(C(=O)N2CCCC3CC3c3c(c(=O)n4nc(C5=CCOCC5)nc4n3CC(=O)Nc3ccc(C(F)(F)F)cc3Cl)CC2)c1O. The maximum Gasteiger partial charge on any atom is 0.416 e. The van der Waals surface area contributed by atoms with Crippen molar-refractivity contribution in [3.05, 3.63) is 80.0 Å². The Kier molecular flexibility index (Phi) is 8.84. The highest BCUT2D eigenvalue weighted by Gasteiger charge is 2.43. The number of carbonyl (C=O) groups excluding carboxylic acids is 2. The highest BCUT2D eigenvalue weighted by Crippen LogP contribution is 2.51. The van der Waals surface area contributed by atoms with Crippen molar-refractivity contribution < 1.29 is 32.6 Å². The van der Waals surface area contributed by atoms with E-state index in [1.165, 1.54) is 6.33 Å². The first-order valence-corrected chi connectivity index (χ1v) is 16.5. The molecule has 13 nitrogen and oxygen atoms in total. The summed E-state index contributed by atoms with van der Waals surface area (Å²) in [4.78, 5) is 55.8. The van der Waals surface area contributed by atoms with Gasteiger partial charge in [0.1, 0.15) is 12.9 Å². The van der Waals surface area contributed by atoms with Crippen LogP contribution in [0.15, 0.2) is 35.4 Å². The van der Waals surface area contributed by atoms with E-state index in [9.17, 15) is 32.7 Å². The largest absolute Gasteiger partial charge is 0.504 e. The van der Waals surface area contributed by atoms with Crippen LogP contribution in [0, 0.1) is 12.8 Å². The number of ether oxygens (including phenoxy) is 1. The number of amides is 2. The minimum absolute atomic E-state index is 0.00547. The molecule has 2 N–H and O–H groups in total. The zero-order valence-corrected chi connectivity index (χ0v) is 27.6. The number of fused-ring (bicyclic) bond motifs is 4. The van der Waals surface area contributed by atoms with Crippen molar-refractivity contribution in [1.29, 1.82) is 0 Å². The van der Waals surface area contributed by atoms with Crippen molar-refractivity contribution in [2.45, 2.75) is 57.7 Å². The molecule has 7 rings (SSSR count). The van der Waals surface area contributed by atoms with Gasteiger partial charge in [0, 0.05) is 30.3 Å². The number of rotatable bonds is 5. The summed E-state index contributed by atoms with van der Waals surface area (Å²) in [6.07, 6.45) is 1.22. The summed E-state index contributed by atoms with van der Waals surface area (Å²) in [5.41, 5.74) is 0.508. The molecule has 2 atom stereocenters. The van der Waals surface area contributed by atoms with Gasteiger partial charge in [-0.2, -0.15) is 22.7 Å². The number of hydrogen-bond acceptors (Lipinski definition) is 9. The molecule has 2 amide bonds. The van der Waals surface area contributed by atoms with E-state index in [4.69, 9.17) is 21.3 Å². The van der Waals surface area contributed by atoms with Crippen LogP contribution < -0.4 is 10.9 Å². The molecule has 0 bridgehead atoms. The molecule has 5 heterocycles. The molecule has 0 radical (unpaired) electrons. The number of aryl methyl sites for hydroxylation is 1. The van der Waals surface area contributed by atoms with E-state index in [1.807, 2.05) is 6.08 Å². The number of nitrogens with one attached hydrogen (secondary N) is 1. The first kappa shape index (κ1) is 33.7. The second-order valence-corrected chi connectivity index (χ2v) is 13.0. The third-order valence-electron chi connectivity index (χ3n) is 9.41. The monoisotopic (exact) mass is 712 g/mol. The number of carbonyl (C=O) groups is 2. The molecule has 262 valence electrons. The van der Waals surface area contributed by atoms with E-state index in [0.29, 0.717) is 49.7 Å². The molecule has 1 saturated carbocycles. The molecule has 3 aromatic heterocycles. The van der Waals surface area contributed by atoms with E-state index in [0.717, 1.165) is 41.1 Å². The molecule has 1 aliphatic carbocycles. The molecule has 2 unspecified atom stereocenters. The van der Waals surface area contributed by atoms with E-state index >= 15 is 0 Å².